The molecule has 2 aromatic rings. The standard InChI is InChI=1S/C23H26N2O4/c1-23(22(28)29)13-8-14-25(16-23)21(27)19(15-17-9-4-2-5-10-17)24-20(26)18-11-6-3-7-12-18/h2-7,9-12,19H,8,13-16H2,1H3,(H,24,26)(H,28,29). The van der Waals surface area contributed by atoms with Gasteiger partial charge in [0.1, 0.15) is 6.04 Å². The molecule has 1 saturated heterocycles. The van der Waals surface area contributed by atoms with E-state index in [0.717, 1.165) is 5.56 Å². The van der Waals surface area contributed by atoms with Crippen LogP contribution in [0.3, 0.4) is 0 Å². The molecule has 0 spiro atoms. The molecule has 0 bridgehead atoms. The molecule has 152 valence electrons. The molecule has 1 aliphatic heterocycles. The molecule has 6 heteroatoms. The molecule has 3 rings (SSSR count). The van der Waals surface area contributed by atoms with Gasteiger partial charge in [-0.05, 0) is 37.5 Å². The van der Waals surface area contributed by atoms with Gasteiger partial charge in [0.05, 0.1) is 5.41 Å². The van der Waals surface area contributed by atoms with Crippen molar-refractivity contribution in [1.29, 1.82) is 0 Å². The Hall–Kier alpha value is -3.15. The number of amides is 2. The number of nitrogens with zero attached hydrogens (tertiary/aromatic N) is 1. The molecule has 1 heterocycles. The van der Waals surface area contributed by atoms with Crippen LogP contribution in [0.1, 0.15) is 35.7 Å². The maximum absolute atomic E-state index is 13.3. The van der Waals surface area contributed by atoms with Crippen molar-refractivity contribution in [3.05, 3.63) is 71.8 Å². The first-order valence-corrected chi connectivity index (χ1v) is 9.81. The molecular formula is C23H26N2O4. The zero-order valence-electron chi connectivity index (χ0n) is 16.5. The summed E-state index contributed by atoms with van der Waals surface area (Å²) >= 11 is 0. The minimum absolute atomic E-state index is 0.146. The highest BCUT2D eigenvalue weighted by atomic mass is 16.4. The van der Waals surface area contributed by atoms with Crippen molar-refractivity contribution < 1.29 is 19.5 Å². The van der Waals surface area contributed by atoms with Crippen molar-refractivity contribution in [1.82, 2.24) is 10.2 Å². The SMILES string of the molecule is CC1(C(=O)O)CCCN(C(=O)C(Cc2ccccc2)NC(=O)c2ccccc2)C1. The van der Waals surface area contributed by atoms with Crippen LogP contribution in [-0.2, 0) is 16.0 Å². The number of carbonyl (C=O) groups is 3. The minimum Gasteiger partial charge on any atom is -0.481 e. The highest BCUT2D eigenvalue weighted by molar-refractivity contribution is 5.97. The van der Waals surface area contributed by atoms with Crippen molar-refractivity contribution in [3.63, 3.8) is 0 Å². The second-order valence-electron chi connectivity index (χ2n) is 7.81. The Morgan fingerprint density at radius 3 is 2.31 bits per heavy atom. The number of carbonyl (C=O) groups excluding carboxylic acids is 2. The number of rotatable bonds is 6. The van der Waals surface area contributed by atoms with Crippen LogP contribution < -0.4 is 5.32 Å². The van der Waals surface area contributed by atoms with E-state index in [9.17, 15) is 19.5 Å². The normalized spacial score (nSPS) is 20.0. The molecule has 0 aliphatic carbocycles. The van der Waals surface area contributed by atoms with Gasteiger partial charge >= 0.3 is 5.97 Å². The van der Waals surface area contributed by atoms with E-state index in [1.807, 2.05) is 36.4 Å². The lowest BCUT2D eigenvalue weighted by Gasteiger charge is -2.39. The summed E-state index contributed by atoms with van der Waals surface area (Å²) in [4.78, 5) is 39.2. The van der Waals surface area contributed by atoms with Crippen molar-refractivity contribution in [3.8, 4) is 0 Å². The molecule has 1 fully saturated rings. The van der Waals surface area contributed by atoms with E-state index >= 15 is 0 Å². The van der Waals surface area contributed by atoms with Gasteiger partial charge in [0.25, 0.3) is 5.91 Å². The van der Waals surface area contributed by atoms with E-state index in [1.165, 1.54) is 0 Å². The molecular weight excluding hydrogens is 368 g/mol. The third-order valence-electron chi connectivity index (χ3n) is 5.45. The summed E-state index contributed by atoms with van der Waals surface area (Å²) in [5.41, 5.74) is 0.443. The third-order valence-corrected chi connectivity index (χ3v) is 5.45. The van der Waals surface area contributed by atoms with Crippen LogP contribution >= 0.6 is 0 Å². The van der Waals surface area contributed by atoms with E-state index in [-0.39, 0.29) is 18.4 Å². The largest absolute Gasteiger partial charge is 0.481 e. The summed E-state index contributed by atoms with van der Waals surface area (Å²) < 4.78 is 0. The molecule has 2 N–H and O–H groups in total. The van der Waals surface area contributed by atoms with Gasteiger partial charge in [0, 0.05) is 25.1 Å². The number of likely N-dealkylation sites (tertiary alicyclic amines) is 1. The number of benzene rings is 2. The Morgan fingerprint density at radius 1 is 1.07 bits per heavy atom. The predicted octanol–water partition coefficient (Wildman–Crippen LogP) is 2.74. The minimum atomic E-state index is -0.964. The van der Waals surface area contributed by atoms with Crippen LogP contribution in [0.4, 0.5) is 0 Å². The summed E-state index contributed by atoms with van der Waals surface area (Å²) in [5.74, 6) is -1.47. The Balaban J connectivity index is 1.81. The number of hydrogen-bond donors (Lipinski definition) is 2. The van der Waals surface area contributed by atoms with Gasteiger partial charge in [0.2, 0.25) is 5.91 Å². The van der Waals surface area contributed by atoms with E-state index in [0.29, 0.717) is 31.4 Å². The summed E-state index contributed by atoms with van der Waals surface area (Å²) in [5, 5.41) is 12.4. The monoisotopic (exact) mass is 394 g/mol. The Bertz CT molecular complexity index is 869. The maximum Gasteiger partial charge on any atom is 0.311 e. The molecule has 2 atom stereocenters. The van der Waals surface area contributed by atoms with Gasteiger partial charge in [-0.3, -0.25) is 14.4 Å². The summed E-state index contributed by atoms with van der Waals surface area (Å²) in [6.45, 7) is 2.31. The predicted molar refractivity (Wildman–Crippen MR) is 109 cm³/mol. The highest BCUT2D eigenvalue weighted by Gasteiger charge is 2.40. The van der Waals surface area contributed by atoms with Crippen LogP contribution in [0.5, 0.6) is 0 Å². The first-order valence-electron chi connectivity index (χ1n) is 9.81. The topological polar surface area (TPSA) is 86.7 Å². The van der Waals surface area contributed by atoms with Crippen molar-refractivity contribution in [2.24, 2.45) is 5.41 Å². The van der Waals surface area contributed by atoms with Gasteiger partial charge < -0.3 is 15.3 Å². The number of aliphatic carboxylic acids is 1. The number of carboxylic acids is 1. The first kappa shape index (κ1) is 20.6. The molecule has 0 saturated carbocycles. The molecule has 1 aliphatic rings. The van der Waals surface area contributed by atoms with Gasteiger partial charge in [-0.15, -0.1) is 0 Å². The van der Waals surface area contributed by atoms with Gasteiger partial charge in [-0.1, -0.05) is 48.5 Å². The van der Waals surface area contributed by atoms with Crippen LogP contribution in [0.25, 0.3) is 0 Å². The molecule has 2 amide bonds. The van der Waals surface area contributed by atoms with Crippen molar-refractivity contribution in [2.75, 3.05) is 13.1 Å². The number of hydrogen-bond acceptors (Lipinski definition) is 3. The van der Waals surface area contributed by atoms with Crippen molar-refractivity contribution >= 4 is 17.8 Å². The van der Waals surface area contributed by atoms with E-state index in [4.69, 9.17) is 0 Å². The van der Waals surface area contributed by atoms with E-state index in [1.54, 1.807) is 36.1 Å². The number of piperidine rings is 1. The average molecular weight is 394 g/mol. The third kappa shape index (κ3) is 5.02. The Labute approximate surface area is 170 Å². The van der Waals surface area contributed by atoms with Crippen molar-refractivity contribution in [2.45, 2.75) is 32.2 Å². The van der Waals surface area contributed by atoms with Gasteiger partial charge in [-0.25, -0.2) is 0 Å². The number of nitrogens with one attached hydrogen (secondary N) is 1. The zero-order valence-corrected chi connectivity index (χ0v) is 16.5. The van der Waals surface area contributed by atoms with E-state index < -0.39 is 17.4 Å². The van der Waals surface area contributed by atoms with Crippen LogP contribution in [-0.4, -0.2) is 46.9 Å². The highest BCUT2D eigenvalue weighted by Crippen LogP contribution is 2.30. The molecule has 0 aromatic heterocycles. The molecule has 2 unspecified atom stereocenters. The first-order chi connectivity index (χ1) is 13.9. The molecule has 2 aromatic carbocycles. The lowest BCUT2D eigenvalue weighted by atomic mass is 9.81. The maximum atomic E-state index is 13.3. The molecule has 6 nitrogen and oxygen atoms in total. The van der Waals surface area contributed by atoms with Crippen LogP contribution in [0.2, 0.25) is 0 Å². The second-order valence-corrected chi connectivity index (χ2v) is 7.81. The fraction of sp³-hybridized carbons (Fsp3) is 0.348. The molecule has 0 radical (unpaired) electrons. The smallest absolute Gasteiger partial charge is 0.311 e. The lowest BCUT2D eigenvalue weighted by molar-refractivity contribution is -0.154. The average Bonchev–Trinajstić information content (AvgIpc) is 2.74. The zero-order chi connectivity index (χ0) is 20.9. The quantitative estimate of drug-likeness (QED) is 0.789. The van der Waals surface area contributed by atoms with Crippen LogP contribution in [0.15, 0.2) is 60.7 Å². The fourth-order valence-corrected chi connectivity index (χ4v) is 3.70. The fourth-order valence-electron chi connectivity index (χ4n) is 3.70. The number of carboxylic acid groups (broad SMARTS) is 1. The van der Waals surface area contributed by atoms with E-state index in [2.05, 4.69) is 5.32 Å². The lowest BCUT2D eigenvalue weighted by Crippen LogP contribution is -2.55. The van der Waals surface area contributed by atoms with Gasteiger partial charge in [-0.2, -0.15) is 0 Å². The summed E-state index contributed by atoms with van der Waals surface area (Å²) in [7, 11) is 0. The Kier molecular flexibility index (Phi) is 6.32. The summed E-state index contributed by atoms with van der Waals surface area (Å²) in [6, 6.07) is 17.5. The van der Waals surface area contributed by atoms with Gasteiger partial charge in [0.15, 0.2) is 0 Å². The molecule has 29 heavy (non-hydrogen) atoms. The second kappa shape index (κ2) is 8.90. The summed E-state index contributed by atoms with van der Waals surface area (Å²) in [6.07, 6.45) is 1.50. The van der Waals surface area contributed by atoms with Crippen LogP contribution in [0, 0.1) is 5.41 Å². The Morgan fingerprint density at radius 2 is 1.69 bits per heavy atom.